The Hall–Kier alpha value is -0.620. The van der Waals surface area contributed by atoms with Crippen LogP contribution in [0.1, 0.15) is 25.5 Å². The van der Waals surface area contributed by atoms with Crippen molar-refractivity contribution in [2.24, 2.45) is 5.73 Å². The Morgan fingerprint density at radius 3 is 2.45 bits per heavy atom. The predicted octanol–water partition coefficient (Wildman–Crippen LogP) is 2.96. The molecule has 0 saturated carbocycles. The summed E-state index contributed by atoms with van der Waals surface area (Å²) in [5.74, 6) is 0. The lowest BCUT2D eigenvalue weighted by Crippen LogP contribution is -2.38. The third-order valence-corrected chi connectivity index (χ3v) is 3.92. The Bertz CT molecular complexity index is 413. The first-order valence-corrected chi connectivity index (χ1v) is 7.60. The molecule has 0 aliphatic carbocycles. The molecule has 0 aliphatic heterocycles. The van der Waals surface area contributed by atoms with Gasteiger partial charge in [0.25, 0.3) is 0 Å². The van der Waals surface area contributed by atoms with Crippen molar-refractivity contribution in [3.63, 3.8) is 0 Å². The molecule has 5 heteroatoms. The van der Waals surface area contributed by atoms with Gasteiger partial charge in [0.15, 0.2) is 0 Å². The molecule has 1 aromatic rings. The summed E-state index contributed by atoms with van der Waals surface area (Å²) in [6.45, 7) is 6.29. The van der Waals surface area contributed by atoms with E-state index in [-0.39, 0.29) is 12.1 Å². The van der Waals surface area contributed by atoms with E-state index in [9.17, 15) is 0 Å². The molecule has 4 nitrogen and oxygen atoms in total. The lowest BCUT2D eigenvalue weighted by atomic mass is 10.1. The summed E-state index contributed by atoms with van der Waals surface area (Å²) < 4.78 is 11.5. The number of benzene rings is 1. The second-order valence-corrected chi connectivity index (χ2v) is 5.84. The topological polar surface area (TPSA) is 47.7 Å². The first-order chi connectivity index (χ1) is 9.51. The third-order valence-electron chi connectivity index (χ3n) is 3.28. The molecule has 0 heterocycles. The van der Waals surface area contributed by atoms with Crippen molar-refractivity contribution in [1.29, 1.82) is 0 Å². The van der Waals surface area contributed by atoms with Gasteiger partial charge in [-0.3, -0.25) is 0 Å². The standard InChI is InChI=1S/C15H25BrN2O2/c1-11(10-20-4)18(7-8-19-3)15-6-5-13(12(2)17)9-14(15)16/h5-6,9,11-12H,7-8,10,17H2,1-4H3. The number of rotatable bonds is 8. The van der Waals surface area contributed by atoms with Crippen LogP contribution >= 0.6 is 15.9 Å². The molecule has 2 unspecified atom stereocenters. The van der Waals surface area contributed by atoms with Crippen molar-refractivity contribution in [2.45, 2.75) is 25.9 Å². The van der Waals surface area contributed by atoms with Crippen LogP contribution in [0.3, 0.4) is 0 Å². The Morgan fingerprint density at radius 1 is 1.25 bits per heavy atom. The van der Waals surface area contributed by atoms with Gasteiger partial charge in [-0.25, -0.2) is 0 Å². The van der Waals surface area contributed by atoms with Crippen molar-refractivity contribution >= 4 is 21.6 Å². The minimum Gasteiger partial charge on any atom is -0.383 e. The maximum absolute atomic E-state index is 5.92. The van der Waals surface area contributed by atoms with Crippen LogP contribution in [0.25, 0.3) is 0 Å². The van der Waals surface area contributed by atoms with Gasteiger partial charge in [0.2, 0.25) is 0 Å². The summed E-state index contributed by atoms with van der Waals surface area (Å²) in [4.78, 5) is 2.28. The van der Waals surface area contributed by atoms with Crippen LogP contribution < -0.4 is 10.6 Å². The molecule has 0 aliphatic rings. The van der Waals surface area contributed by atoms with Gasteiger partial charge in [0.1, 0.15) is 0 Å². The second kappa shape index (κ2) is 8.62. The highest BCUT2D eigenvalue weighted by Crippen LogP contribution is 2.30. The quantitative estimate of drug-likeness (QED) is 0.787. The predicted molar refractivity (Wildman–Crippen MR) is 87.3 cm³/mol. The summed E-state index contributed by atoms with van der Waals surface area (Å²) in [7, 11) is 3.44. The fraction of sp³-hybridized carbons (Fsp3) is 0.600. The molecule has 1 aromatic carbocycles. The largest absolute Gasteiger partial charge is 0.383 e. The third kappa shape index (κ3) is 4.74. The van der Waals surface area contributed by atoms with E-state index in [4.69, 9.17) is 15.2 Å². The monoisotopic (exact) mass is 344 g/mol. The molecule has 0 aromatic heterocycles. The molecule has 0 radical (unpaired) electrons. The summed E-state index contributed by atoms with van der Waals surface area (Å²) in [6.07, 6.45) is 0. The zero-order chi connectivity index (χ0) is 15.1. The van der Waals surface area contributed by atoms with Crippen LogP contribution in [0.2, 0.25) is 0 Å². The van der Waals surface area contributed by atoms with Gasteiger partial charge >= 0.3 is 0 Å². The maximum Gasteiger partial charge on any atom is 0.0663 e. The van der Waals surface area contributed by atoms with Crippen LogP contribution in [-0.2, 0) is 9.47 Å². The van der Waals surface area contributed by atoms with Crippen molar-refractivity contribution in [1.82, 2.24) is 0 Å². The van der Waals surface area contributed by atoms with Gasteiger partial charge in [-0.1, -0.05) is 6.07 Å². The fourth-order valence-electron chi connectivity index (χ4n) is 2.14. The Kier molecular flexibility index (Phi) is 7.51. The van der Waals surface area contributed by atoms with E-state index in [2.05, 4.69) is 46.0 Å². The van der Waals surface area contributed by atoms with Gasteiger partial charge in [0, 0.05) is 37.3 Å². The number of halogens is 1. The molecular formula is C15H25BrN2O2. The number of hydrogen-bond acceptors (Lipinski definition) is 4. The minimum absolute atomic E-state index is 0.0316. The van der Waals surface area contributed by atoms with E-state index in [1.165, 1.54) is 0 Å². The molecule has 0 amide bonds. The number of ether oxygens (including phenoxy) is 2. The lowest BCUT2D eigenvalue weighted by molar-refractivity contribution is 0.171. The van der Waals surface area contributed by atoms with E-state index in [1.54, 1.807) is 14.2 Å². The van der Waals surface area contributed by atoms with E-state index in [1.807, 2.05) is 6.92 Å². The number of hydrogen-bond donors (Lipinski definition) is 1. The molecule has 0 fully saturated rings. The average Bonchev–Trinajstić information content (AvgIpc) is 2.40. The molecule has 1 rings (SSSR count). The molecular weight excluding hydrogens is 320 g/mol. The van der Waals surface area contributed by atoms with E-state index in [0.717, 1.165) is 22.3 Å². The first kappa shape index (κ1) is 17.4. The van der Waals surface area contributed by atoms with Gasteiger partial charge in [-0.15, -0.1) is 0 Å². The van der Waals surface area contributed by atoms with E-state index in [0.29, 0.717) is 13.2 Å². The van der Waals surface area contributed by atoms with Crippen LogP contribution in [-0.4, -0.2) is 40.0 Å². The van der Waals surface area contributed by atoms with Crippen molar-refractivity contribution < 1.29 is 9.47 Å². The summed E-state index contributed by atoms with van der Waals surface area (Å²) in [5.41, 5.74) is 8.17. The van der Waals surface area contributed by atoms with E-state index < -0.39 is 0 Å². The van der Waals surface area contributed by atoms with Gasteiger partial charge in [-0.2, -0.15) is 0 Å². The van der Waals surface area contributed by atoms with Crippen LogP contribution in [0.15, 0.2) is 22.7 Å². The fourth-order valence-corrected chi connectivity index (χ4v) is 2.76. The maximum atomic E-state index is 5.92. The highest BCUT2D eigenvalue weighted by molar-refractivity contribution is 9.10. The smallest absolute Gasteiger partial charge is 0.0663 e. The number of nitrogens with zero attached hydrogens (tertiary/aromatic N) is 1. The summed E-state index contributed by atoms with van der Waals surface area (Å²) in [6, 6.07) is 6.56. The van der Waals surface area contributed by atoms with Gasteiger partial charge in [-0.05, 0) is 47.5 Å². The van der Waals surface area contributed by atoms with Crippen LogP contribution in [0, 0.1) is 0 Å². The highest BCUT2D eigenvalue weighted by atomic mass is 79.9. The summed E-state index contributed by atoms with van der Waals surface area (Å²) in [5, 5.41) is 0. The molecule has 2 atom stereocenters. The van der Waals surface area contributed by atoms with Crippen molar-refractivity contribution in [3.8, 4) is 0 Å². The zero-order valence-corrected chi connectivity index (χ0v) is 14.3. The van der Waals surface area contributed by atoms with E-state index >= 15 is 0 Å². The summed E-state index contributed by atoms with van der Waals surface area (Å²) >= 11 is 3.65. The SMILES string of the molecule is COCCN(c1ccc(C(C)N)cc1Br)C(C)COC. The molecule has 114 valence electrons. The average molecular weight is 345 g/mol. The zero-order valence-electron chi connectivity index (χ0n) is 12.7. The van der Waals surface area contributed by atoms with Crippen molar-refractivity contribution in [2.75, 3.05) is 38.9 Å². The number of nitrogens with two attached hydrogens (primary N) is 1. The molecule has 0 saturated heterocycles. The number of methoxy groups -OCH3 is 2. The molecule has 20 heavy (non-hydrogen) atoms. The Morgan fingerprint density at radius 2 is 1.95 bits per heavy atom. The molecule has 0 bridgehead atoms. The molecule has 2 N–H and O–H groups in total. The van der Waals surface area contributed by atoms with Gasteiger partial charge < -0.3 is 20.1 Å². The normalized spacial score (nSPS) is 14.1. The second-order valence-electron chi connectivity index (χ2n) is 4.99. The first-order valence-electron chi connectivity index (χ1n) is 6.80. The van der Waals surface area contributed by atoms with Crippen molar-refractivity contribution in [3.05, 3.63) is 28.2 Å². The minimum atomic E-state index is 0.0316. The van der Waals surface area contributed by atoms with Crippen LogP contribution in [0.5, 0.6) is 0 Å². The Balaban J connectivity index is 3.00. The number of anilines is 1. The molecule has 0 spiro atoms. The Labute approximate surface area is 130 Å². The van der Waals surface area contributed by atoms with Crippen LogP contribution in [0.4, 0.5) is 5.69 Å². The lowest BCUT2D eigenvalue weighted by Gasteiger charge is -2.32. The van der Waals surface area contributed by atoms with Gasteiger partial charge in [0.05, 0.1) is 18.9 Å². The highest BCUT2D eigenvalue weighted by Gasteiger charge is 2.17.